The number of aliphatic imine (C=N–C) groups is 1. The molecular weight excluding hydrogens is 368 g/mol. The van der Waals surface area contributed by atoms with Gasteiger partial charge >= 0.3 is 0 Å². The van der Waals surface area contributed by atoms with Crippen LogP contribution in [0.1, 0.15) is 56.4 Å². The minimum absolute atomic E-state index is 0.177. The van der Waals surface area contributed by atoms with Crippen molar-refractivity contribution in [3.63, 3.8) is 0 Å². The molecule has 28 heavy (non-hydrogen) atoms. The zero-order chi connectivity index (χ0) is 19.9. The summed E-state index contributed by atoms with van der Waals surface area (Å²) in [5.41, 5.74) is 1.25. The minimum atomic E-state index is 0.177. The molecule has 0 saturated heterocycles. The van der Waals surface area contributed by atoms with Gasteiger partial charge in [0, 0.05) is 18.3 Å². The largest absolute Gasteiger partial charge is 0.354 e. The Morgan fingerprint density at radius 1 is 1.29 bits per heavy atom. The number of thioether (sulfide) groups is 1. The molecule has 2 aromatic rings. The van der Waals surface area contributed by atoms with E-state index in [9.17, 15) is 0 Å². The smallest absolute Gasteiger partial charge is 0.192 e. The lowest BCUT2D eigenvalue weighted by atomic mass is 10.1. The third kappa shape index (κ3) is 5.50. The number of rotatable bonds is 7. The zero-order valence-corrected chi connectivity index (χ0v) is 18.2. The SMILES string of the molecule is CCSC1CCC(NC(=NCc2nnc(C)n2C)NC(C)c2ccccc2)C1. The highest BCUT2D eigenvalue weighted by Crippen LogP contribution is 2.29. The van der Waals surface area contributed by atoms with Crippen molar-refractivity contribution in [3.05, 3.63) is 47.5 Å². The van der Waals surface area contributed by atoms with E-state index in [1.54, 1.807) is 0 Å². The normalized spacial score (nSPS) is 20.9. The fourth-order valence-corrected chi connectivity index (χ4v) is 4.70. The molecule has 2 N–H and O–H groups in total. The minimum Gasteiger partial charge on any atom is -0.354 e. The average molecular weight is 401 g/mol. The van der Waals surface area contributed by atoms with Gasteiger partial charge < -0.3 is 15.2 Å². The van der Waals surface area contributed by atoms with Crippen LogP contribution in [0.3, 0.4) is 0 Å². The van der Waals surface area contributed by atoms with E-state index in [2.05, 4.69) is 70.7 Å². The van der Waals surface area contributed by atoms with Crippen LogP contribution in [0.25, 0.3) is 0 Å². The van der Waals surface area contributed by atoms with Crippen LogP contribution in [-0.4, -0.2) is 37.8 Å². The van der Waals surface area contributed by atoms with Crippen molar-refractivity contribution in [1.29, 1.82) is 0 Å². The molecule has 1 heterocycles. The van der Waals surface area contributed by atoms with Gasteiger partial charge in [-0.15, -0.1) is 10.2 Å². The highest BCUT2D eigenvalue weighted by molar-refractivity contribution is 7.99. The monoisotopic (exact) mass is 400 g/mol. The Balaban J connectivity index is 1.69. The summed E-state index contributed by atoms with van der Waals surface area (Å²) < 4.78 is 1.99. The molecular formula is C21H32N6S. The van der Waals surface area contributed by atoms with Crippen molar-refractivity contribution >= 4 is 17.7 Å². The Morgan fingerprint density at radius 2 is 2.07 bits per heavy atom. The fraction of sp³-hybridized carbons (Fsp3) is 0.571. The third-order valence-corrected chi connectivity index (χ3v) is 6.57. The van der Waals surface area contributed by atoms with Crippen LogP contribution < -0.4 is 10.6 Å². The maximum Gasteiger partial charge on any atom is 0.192 e. The standard InChI is InChI=1S/C21H32N6S/c1-5-28-19-12-11-18(13-19)24-21(22-14-20-26-25-16(3)27(20)4)23-15(2)17-9-7-6-8-10-17/h6-10,15,18-19H,5,11-14H2,1-4H3,(H2,22,23,24). The van der Waals surface area contributed by atoms with Gasteiger partial charge in [0.1, 0.15) is 12.4 Å². The number of aryl methyl sites for hydroxylation is 1. The number of hydrogen-bond acceptors (Lipinski definition) is 4. The molecule has 1 aliphatic carbocycles. The van der Waals surface area contributed by atoms with E-state index in [1.165, 1.54) is 30.6 Å². The number of nitrogens with one attached hydrogen (secondary N) is 2. The second kappa shape index (κ2) is 9.96. The molecule has 0 bridgehead atoms. The summed E-state index contributed by atoms with van der Waals surface area (Å²) in [6.45, 7) is 6.88. The molecule has 0 radical (unpaired) electrons. The molecule has 0 spiro atoms. The van der Waals surface area contributed by atoms with Crippen LogP contribution in [0.2, 0.25) is 0 Å². The van der Waals surface area contributed by atoms with Crippen molar-refractivity contribution in [2.24, 2.45) is 12.0 Å². The van der Waals surface area contributed by atoms with Crippen LogP contribution in [0, 0.1) is 6.92 Å². The van der Waals surface area contributed by atoms with E-state index in [0.29, 0.717) is 12.6 Å². The van der Waals surface area contributed by atoms with Gasteiger partial charge in [0.25, 0.3) is 0 Å². The van der Waals surface area contributed by atoms with E-state index in [1.807, 2.05) is 24.6 Å². The van der Waals surface area contributed by atoms with Gasteiger partial charge in [-0.2, -0.15) is 11.8 Å². The number of hydrogen-bond donors (Lipinski definition) is 2. The number of guanidine groups is 1. The summed E-state index contributed by atoms with van der Waals surface area (Å²) in [6, 6.07) is 11.1. The highest BCUT2D eigenvalue weighted by atomic mass is 32.2. The number of benzene rings is 1. The molecule has 1 aliphatic rings. The summed E-state index contributed by atoms with van der Waals surface area (Å²) in [4.78, 5) is 4.83. The van der Waals surface area contributed by atoms with E-state index >= 15 is 0 Å². The Kier molecular flexibility index (Phi) is 7.36. The predicted octanol–water partition coefficient (Wildman–Crippen LogP) is 3.59. The molecule has 1 fully saturated rings. The molecule has 0 amide bonds. The molecule has 1 aromatic heterocycles. The van der Waals surface area contributed by atoms with Crippen LogP contribution in [-0.2, 0) is 13.6 Å². The maximum absolute atomic E-state index is 4.83. The van der Waals surface area contributed by atoms with Crippen LogP contribution in [0.15, 0.2) is 35.3 Å². The van der Waals surface area contributed by atoms with Gasteiger partial charge in [0.05, 0.1) is 6.04 Å². The first-order chi connectivity index (χ1) is 13.6. The van der Waals surface area contributed by atoms with Gasteiger partial charge in [-0.25, -0.2) is 4.99 Å². The van der Waals surface area contributed by atoms with Crippen molar-refractivity contribution < 1.29 is 0 Å². The van der Waals surface area contributed by atoms with Gasteiger partial charge in [-0.3, -0.25) is 0 Å². The van der Waals surface area contributed by atoms with Crippen molar-refractivity contribution in [3.8, 4) is 0 Å². The Labute approximate surface area is 172 Å². The summed E-state index contributed by atoms with van der Waals surface area (Å²) >= 11 is 2.07. The Hall–Kier alpha value is -2.02. The van der Waals surface area contributed by atoms with E-state index < -0.39 is 0 Å². The first-order valence-electron chi connectivity index (χ1n) is 10.2. The van der Waals surface area contributed by atoms with Crippen LogP contribution in [0.5, 0.6) is 0 Å². The van der Waals surface area contributed by atoms with Gasteiger partial charge in [0.15, 0.2) is 11.8 Å². The molecule has 0 aliphatic heterocycles. The Bertz CT molecular complexity index is 772. The molecule has 6 nitrogen and oxygen atoms in total. The lowest BCUT2D eigenvalue weighted by Crippen LogP contribution is -2.43. The first kappa shape index (κ1) is 20.7. The summed E-state index contributed by atoms with van der Waals surface area (Å²) in [5, 5.41) is 16.4. The highest BCUT2D eigenvalue weighted by Gasteiger charge is 2.25. The van der Waals surface area contributed by atoms with E-state index in [0.717, 1.165) is 22.9 Å². The van der Waals surface area contributed by atoms with E-state index in [-0.39, 0.29) is 6.04 Å². The van der Waals surface area contributed by atoms with Gasteiger partial charge in [-0.05, 0) is 44.4 Å². The third-order valence-electron chi connectivity index (χ3n) is 5.34. The maximum atomic E-state index is 4.83. The lowest BCUT2D eigenvalue weighted by molar-refractivity contribution is 0.593. The van der Waals surface area contributed by atoms with Crippen molar-refractivity contribution in [1.82, 2.24) is 25.4 Å². The molecule has 3 rings (SSSR count). The predicted molar refractivity (Wildman–Crippen MR) is 118 cm³/mol. The molecule has 7 heteroatoms. The average Bonchev–Trinajstić information content (AvgIpc) is 3.27. The van der Waals surface area contributed by atoms with E-state index in [4.69, 9.17) is 4.99 Å². The molecule has 3 unspecified atom stereocenters. The van der Waals surface area contributed by atoms with Crippen LogP contribution in [0.4, 0.5) is 0 Å². The van der Waals surface area contributed by atoms with Gasteiger partial charge in [0.2, 0.25) is 0 Å². The molecule has 3 atom stereocenters. The molecule has 1 saturated carbocycles. The second-order valence-corrected chi connectivity index (χ2v) is 8.97. The zero-order valence-electron chi connectivity index (χ0n) is 17.4. The van der Waals surface area contributed by atoms with Crippen molar-refractivity contribution in [2.75, 3.05) is 5.75 Å². The summed E-state index contributed by atoms with van der Waals surface area (Å²) in [7, 11) is 1.98. The second-order valence-electron chi connectivity index (χ2n) is 7.40. The molecule has 1 aromatic carbocycles. The van der Waals surface area contributed by atoms with Crippen LogP contribution >= 0.6 is 11.8 Å². The lowest BCUT2D eigenvalue weighted by Gasteiger charge is -2.22. The number of aromatic nitrogens is 3. The summed E-state index contributed by atoms with van der Waals surface area (Å²) in [5.74, 6) is 3.81. The van der Waals surface area contributed by atoms with Gasteiger partial charge in [-0.1, -0.05) is 37.3 Å². The van der Waals surface area contributed by atoms with Crippen molar-refractivity contribution in [2.45, 2.75) is 63.9 Å². The number of nitrogens with zero attached hydrogens (tertiary/aromatic N) is 4. The first-order valence-corrected chi connectivity index (χ1v) is 11.2. The molecule has 152 valence electrons. The topological polar surface area (TPSA) is 67.1 Å². The summed E-state index contributed by atoms with van der Waals surface area (Å²) in [6.07, 6.45) is 3.67. The fourth-order valence-electron chi connectivity index (χ4n) is 3.55. The Morgan fingerprint density at radius 3 is 2.75 bits per heavy atom. The quantitative estimate of drug-likeness (QED) is 0.549.